The van der Waals surface area contributed by atoms with Crippen LogP contribution in [-0.2, 0) is 9.59 Å². The number of methoxy groups -OCH3 is 2. The van der Waals surface area contributed by atoms with Crippen LogP contribution in [0.4, 0.5) is 16.2 Å². The van der Waals surface area contributed by atoms with E-state index in [1.54, 1.807) is 42.5 Å². The maximum absolute atomic E-state index is 13.1. The van der Waals surface area contributed by atoms with Crippen molar-refractivity contribution in [2.24, 2.45) is 0 Å². The lowest BCUT2D eigenvalue weighted by Gasteiger charge is -2.19. The van der Waals surface area contributed by atoms with Crippen molar-refractivity contribution in [3.8, 4) is 11.5 Å². The summed E-state index contributed by atoms with van der Waals surface area (Å²) >= 11 is 5.90. The molecule has 0 aromatic heterocycles. The number of nitrogens with zero attached hydrogens (tertiary/aromatic N) is 2. The van der Waals surface area contributed by atoms with E-state index in [1.807, 2.05) is 0 Å². The van der Waals surface area contributed by atoms with Crippen LogP contribution in [-0.4, -0.2) is 49.6 Å². The van der Waals surface area contributed by atoms with E-state index >= 15 is 0 Å². The van der Waals surface area contributed by atoms with Crippen LogP contribution < -0.4 is 19.7 Å². The molecule has 1 saturated heterocycles. The number of hydrogen-bond donors (Lipinski definition) is 1. The molecule has 3 rings (SSSR count). The summed E-state index contributed by atoms with van der Waals surface area (Å²) in [4.78, 5) is 41.0. The Balaban J connectivity index is 1.80. The molecule has 1 aliphatic heterocycles. The Labute approximate surface area is 185 Å². The van der Waals surface area contributed by atoms with E-state index < -0.39 is 23.9 Å². The highest BCUT2D eigenvalue weighted by Crippen LogP contribution is 2.29. The van der Waals surface area contributed by atoms with Gasteiger partial charge in [0.05, 0.1) is 26.3 Å². The molecule has 1 fully saturated rings. The van der Waals surface area contributed by atoms with Crippen molar-refractivity contribution in [1.29, 1.82) is 0 Å². The zero-order valence-corrected chi connectivity index (χ0v) is 17.9. The first-order chi connectivity index (χ1) is 14.9. The molecule has 31 heavy (non-hydrogen) atoms. The van der Waals surface area contributed by atoms with Crippen molar-refractivity contribution in [3.05, 3.63) is 60.1 Å². The first kappa shape index (κ1) is 22.2. The summed E-state index contributed by atoms with van der Waals surface area (Å²) in [5, 5.41) is 3.21. The molecule has 0 aliphatic carbocycles. The molecule has 9 heteroatoms. The van der Waals surface area contributed by atoms with Gasteiger partial charge in [0.2, 0.25) is 5.91 Å². The van der Waals surface area contributed by atoms with E-state index in [1.165, 1.54) is 25.2 Å². The van der Waals surface area contributed by atoms with Gasteiger partial charge in [-0.15, -0.1) is 6.58 Å². The number of benzene rings is 2. The highest BCUT2D eigenvalue weighted by Gasteiger charge is 2.46. The molecule has 0 radical (unpaired) electrons. The predicted molar refractivity (Wildman–Crippen MR) is 118 cm³/mol. The molecule has 162 valence electrons. The average molecular weight is 444 g/mol. The van der Waals surface area contributed by atoms with Gasteiger partial charge in [-0.2, -0.15) is 0 Å². The van der Waals surface area contributed by atoms with Gasteiger partial charge in [0.25, 0.3) is 5.91 Å². The second-order valence-corrected chi connectivity index (χ2v) is 7.18. The molecule has 4 amide bonds. The molecule has 1 aliphatic rings. The Morgan fingerprint density at radius 2 is 1.74 bits per heavy atom. The second kappa shape index (κ2) is 9.53. The number of anilines is 2. The van der Waals surface area contributed by atoms with Crippen LogP contribution in [0.1, 0.15) is 6.42 Å². The zero-order valence-electron chi connectivity index (χ0n) is 17.1. The van der Waals surface area contributed by atoms with Gasteiger partial charge in [-0.05, 0) is 24.3 Å². The standard InChI is InChI=1S/C22H22ClN3O5/c1-4-9-25-19(21(28)26(22(25)29)16-7-5-14(23)6-8-16)13-20(27)24-15-10-17(30-2)12-18(11-15)31-3/h4-8,10-12,19H,1,9,13H2,2-3H3,(H,24,27)/t19-/m0/s1. The largest absolute Gasteiger partial charge is 0.497 e. The number of ether oxygens (including phenoxy) is 2. The number of urea groups is 1. The maximum atomic E-state index is 13.1. The molecule has 1 N–H and O–H groups in total. The first-order valence-corrected chi connectivity index (χ1v) is 9.79. The minimum Gasteiger partial charge on any atom is -0.497 e. The van der Waals surface area contributed by atoms with Gasteiger partial charge < -0.3 is 19.7 Å². The van der Waals surface area contributed by atoms with Crippen LogP contribution in [0.15, 0.2) is 55.1 Å². The van der Waals surface area contributed by atoms with Gasteiger partial charge in [-0.3, -0.25) is 9.59 Å². The van der Waals surface area contributed by atoms with Crippen molar-refractivity contribution < 1.29 is 23.9 Å². The molecular formula is C22H22ClN3O5. The van der Waals surface area contributed by atoms with Gasteiger partial charge in [0.1, 0.15) is 17.5 Å². The highest BCUT2D eigenvalue weighted by atomic mass is 35.5. The number of rotatable bonds is 8. The summed E-state index contributed by atoms with van der Waals surface area (Å²) in [5.74, 6) is 0.0777. The van der Waals surface area contributed by atoms with E-state index in [-0.39, 0.29) is 13.0 Å². The molecule has 8 nitrogen and oxygen atoms in total. The van der Waals surface area contributed by atoms with Crippen molar-refractivity contribution in [1.82, 2.24) is 4.90 Å². The van der Waals surface area contributed by atoms with Gasteiger partial charge in [0.15, 0.2) is 0 Å². The molecular weight excluding hydrogens is 422 g/mol. The number of carbonyl (C=O) groups is 3. The third kappa shape index (κ3) is 4.80. The minimum atomic E-state index is -0.964. The molecule has 2 aromatic carbocycles. The quantitative estimate of drug-likeness (QED) is 0.496. The number of halogens is 1. The molecule has 2 aromatic rings. The van der Waals surface area contributed by atoms with Crippen LogP contribution in [0.2, 0.25) is 5.02 Å². The number of imide groups is 1. The van der Waals surface area contributed by atoms with E-state index in [0.717, 1.165) is 4.90 Å². The molecule has 0 bridgehead atoms. The Hall–Kier alpha value is -3.52. The normalized spacial score (nSPS) is 15.8. The SMILES string of the molecule is C=CCN1C(=O)N(c2ccc(Cl)cc2)C(=O)[C@@H]1CC(=O)Nc1cc(OC)cc(OC)c1. The second-order valence-electron chi connectivity index (χ2n) is 6.74. The van der Waals surface area contributed by atoms with Crippen molar-refractivity contribution in [2.75, 3.05) is 31.0 Å². The Bertz CT molecular complexity index is 986. The highest BCUT2D eigenvalue weighted by molar-refractivity contribution is 6.30. The van der Waals surface area contributed by atoms with Gasteiger partial charge in [-0.1, -0.05) is 17.7 Å². The summed E-state index contributed by atoms with van der Waals surface area (Å²) in [6, 6.07) is 9.78. The summed E-state index contributed by atoms with van der Waals surface area (Å²) in [6.07, 6.45) is 1.29. The van der Waals surface area contributed by atoms with Crippen molar-refractivity contribution in [2.45, 2.75) is 12.5 Å². The maximum Gasteiger partial charge on any atom is 0.332 e. The van der Waals surface area contributed by atoms with E-state index in [2.05, 4.69) is 11.9 Å². The zero-order chi connectivity index (χ0) is 22.5. The van der Waals surface area contributed by atoms with Crippen LogP contribution >= 0.6 is 11.6 Å². The molecule has 0 unspecified atom stereocenters. The van der Waals surface area contributed by atoms with Crippen molar-refractivity contribution >= 4 is 40.8 Å². The Morgan fingerprint density at radius 3 is 2.29 bits per heavy atom. The summed E-state index contributed by atoms with van der Waals surface area (Å²) in [7, 11) is 3.00. The van der Waals surface area contributed by atoms with E-state index in [9.17, 15) is 14.4 Å². The van der Waals surface area contributed by atoms with Crippen LogP contribution in [0.25, 0.3) is 0 Å². The third-order valence-corrected chi connectivity index (χ3v) is 5.00. The lowest BCUT2D eigenvalue weighted by molar-refractivity contribution is -0.124. The van der Waals surface area contributed by atoms with Crippen LogP contribution in [0.3, 0.4) is 0 Å². The lowest BCUT2D eigenvalue weighted by atomic mass is 10.1. The third-order valence-electron chi connectivity index (χ3n) is 4.74. The average Bonchev–Trinajstić information content (AvgIpc) is 2.98. The van der Waals surface area contributed by atoms with Gasteiger partial charge >= 0.3 is 6.03 Å². The minimum absolute atomic E-state index is 0.125. The Morgan fingerprint density at radius 1 is 1.13 bits per heavy atom. The number of nitrogens with one attached hydrogen (secondary N) is 1. The molecule has 1 heterocycles. The molecule has 0 saturated carbocycles. The fourth-order valence-electron chi connectivity index (χ4n) is 3.28. The summed E-state index contributed by atoms with van der Waals surface area (Å²) in [5.41, 5.74) is 0.830. The molecule has 0 spiro atoms. The fourth-order valence-corrected chi connectivity index (χ4v) is 3.40. The fraction of sp³-hybridized carbons (Fsp3) is 0.227. The predicted octanol–water partition coefficient (Wildman–Crippen LogP) is 3.71. The number of hydrogen-bond acceptors (Lipinski definition) is 5. The van der Waals surface area contributed by atoms with Gasteiger partial charge in [0, 0.05) is 35.5 Å². The number of amides is 4. The Kier molecular flexibility index (Phi) is 6.81. The van der Waals surface area contributed by atoms with Gasteiger partial charge in [-0.25, -0.2) is 9.69 Å². The van der Waals surface area contributed by atoms with E-state index in [0.29, 0.717) is 27.9 Å². The van der Waals surface area contributed by atoms with Crippen LogP contribution in [0.5, 0.6) is 11.5 Å². The summed E-state index contributed by atoms with van der Waals surface area (Å²) < 4.78 is 10.4. The smallest absolute Gasteiger partial charge is 0.332 e. The number of carbonyl (C=O) groups excluding carboxylic acids is 3. The van der Waals surface area contributed by atoms with Crippen molar-refractivity contribution in [3.63, 3.8) is 0 Å². The van der Waals surface area contributed by atoms with E-state index in [4.69, 9.17) is 21.1 Å². The molecule has 1 atom stereocenters. The topological polar surface area (TPSA) is 88.2 Å². The van der Waals surface area contributed by atoms with Crippen LogP contribution in [0, 0.1) is 0 Å². The summed E-state index contributed by atoms with van der Waals surface area (Å²) in [6.45, 7) is 3.77. The first-order valence-electron chi connectivity index (χ1n) is 9.42. The monoisotopic (exact) mass is 443 g/mol. The lowest BCUT2D eigenvalue weighted by Crippen LogP contribution is -2.38.